The van der Waals surface area contributed by atoms with Gasteiger partial charge in [-0.05, 0) is 54.9 Å². The molecule has 0 amide bonds. The molecule has 0 saturated heterocycles. The second kappa shape index (κ2) is 10.7. The molecule has 1 saturated carbocycles. The van der Waals surface area contributed by atoms with Crippen LogP contribution in [0.1, 0.15) is 60.7 Å². The topological polar surface area (TPSA) is 116 Å². The quantitative estimate of drug-likeness (QED) is 0.488. The number of carboxylic acids is 1. The smallest absolute Gasteiger partial charge is 0.340 e. The second-order valence-electron chi connectivity index (χ2n) is 8.25. The van der Waals surface area contributed by atoms with Gasteiger partial charge in [0.15, 0.2) is 0 Å². The molecule has 0 aromatic heterocycles. The summed E-state index contributed by atoms with van der Waals surface area (Å²) >= 11 is 0. The number of carbonyl (C=O) groups excluding carboxylic acids is 1. The standard InChI is InChI=1S/C17H25NO2.C7H7NO2/c1-11(2)13-9-8-12(3)10-16(13)20-17(19)14-6-4-5-7-15(14)18;8-6-4-2-1-3-5(6)7(9)10/h4-7,11-13,16H,8-10,18H2,1-3H3;1-4H,8H2,(H,9,10)/t12-,13+,16-;/m1./s1. The molecular weight excluding hydrogens is 380 g/mol. The summed E-state index contributed by atoms with van der Waals surface area (Å²) in [6.45, 7) is 6.64. The normalized spacial score (nSPS) is 20.7. The SMILES string of the molecule is CC(C)[C@@H]1CC[C@@H](C)C[C@H]1OC(=O)c1ccccc1N.Nc1ccccc1C(=O)O. The highest BCUT2D eigenvalue weighted by Crippen LogP contribution is 2.35. The minimum Gasteiger partial charge on any atom is -0.478 e. The van der Waals surface area contributed by atoms with Crippen LogP contribution >= 0.6 is 0 Å². The van der Waals surface area contributed by atoms with Gasteiger partial charge >= 0.3 is 11.9 Å². The third kappa shape index (κ3) is 6.24. The van der Waals surface area contributed by atoms with Gasteiger partial charge in [0, 0.05) is 11.4 Å². The Balaban J connectivity index is 0.000000269. The number of hydrogen-bond donors (Lipinski definition) is 3. The van der Waals surface area contributed by atoms with Crippen molar-refractivity contribution in [1.29, 1.82) is 0 Å². The Hall–Kier alpha value is -3.02. The van der Waals surface area contributed by atoms with E-state index in [2.05, 4.69) is 20.8 Å². The number of benzene rings is 2. The van der Waals surface area contributed by atoms with Crippen molar-refractivity contribution in [2.24, 2.45) is 17.8 Å². The Kier molecular flexibility index (Phi) is 8.27. The molecule has 6 heteroatoms. The maximum atomic E-state index is 12.3. The summed E-state index contributed by atoms with van der Waals surface area (Å²) < 4.78 is 5.78. The first kappa shape index (κ1) is 23.3. The number of aromatic carboxylic acids is 1. The Labute approximate surface area is 178 Å². The van der Waals surface area contributed by atoms with Crippen molar-refractivity contribution in [2.45, 2.75) is 46.1 Å². The first-order valence-corrected chi connectivity index (χ1v) is 10.3. The van der Waals surface area contributed by atoms with Gasteiger partial charge in [0.05, 0.1) is 11.1 Å². The minimum atomic E-state index is -0.988. The van der Waals surface area contributed by atoms with Gasteiger partial charge in [0.2, 0.25) is 0 Å². The first-order valence-electron chi connectivity index (χ1n) is 10.3. The van der Waals surface area contributed by atoms with Gasteiger partial charge in [0.25, 0.3) is 0 Å². The number of hydrogen-bond acceptors (Lipinski definition) is 5. The zero-order valence-corrected chi connectivity index (χ0v) is 17.9. The van der Waals surface area contributed by atoms with E-state index in [-0.39, 0.29) is 17.6 Å². The second-order valence-corrected chi connectivity index (χ2v) is 8.25. The Morgan fingerprint density at radius 1 is 0.967 bits per heavy atom. The predicted molar refractivity (Wildman–Crippen MR) is 119 cm³/mol. The number of ether oxygens (including phenoxy) is 1. The average Bonchev–Trinajstić information content (AvgIpc) is 2.68. The molecule has 5 N–H and O–H groups in total. The van der Waals surface area contributed by atoms with Crippen molar-refractivity contribution in [3.8, 4) is 0 Å². The van der Waals surface area contributed by atoms with E-state index in [0.717, 1.165) is 12.8 Å². The van der Waals surface area contributed by atoms with E-state index >= 15 is 0 Å². The molecule has 6 nitrogen and oxygen atoms in total. The first-order chi connectivity index (χ1) is 14.2. The van der Waals surface area contributed by atoms with E-state index in [0.29, 0.717) is 34.7 Å². The van der Waals surface area contributed by atoms with Crippen LogP contribution in [-0.2, 0) is 4.74 Å². The summed E-state index contributed by atoms with van der Waals surface area (Å²) in [6.07, 6.45) is 3.35. The lowest BCUT2D eigenvalue weighted by atomic mass is 9.75. The van der Waals surface area contributed by atoms with Crippen LogP contribution in [0.4, 0.5) is 11.4 Å². The fraction of sp³-hybridized carbons (Fsp3) is 0.417. The number of para-hydroxylation sites is 2. The lowest BCUT2D eigenvalue weighted by Crippen LogP contribution is -2.36. The number of rotatable bonds is 4. The highest BCUT2D eigenvalue weighted by molar-refractivity contribution is 5.95. The van der Waals surface area contributed by atoms with E-state index in [1.807, 2.05) is 12.1 Å². The van der Waals surface area contributed by atoms with E-state index in [9.17, 15) is 9.59 Å². The number of esters is 1. The average molecular weight is 413 g/mol. The van der Waals surface area contributed by atoms with E-state index in [1.54, 1.807) is 30.3 Å². The van der Waals surface area contributed by atoms with Crippen molar-refractivity contribution < 1.29 is 19.4 Å². The highest BCUT2D eigenvalue weighted by Gasteiger charge is 2.33. The van der Waals surface area contributed by atoms with Gasteiger partial charge in [0.1, 0.15) is 6.10 Å². The molecule has 2 aromatic carbocycles. The highest BCUT2D eigenvalue weighted by atomic mass is 16.5. The third-order valence-corrected chi connectivity index (χ3v) is 5.59. The maximum absolute atomic E-state index is 12.3. The van der Waals surface area contributed by atoms with Gasteiger partial charge in [-0.25, -0.2) is 9.59 Å². The predicted octanol–water partition coefficient (Wildman–Crippen LogP) is 4.85. The molecule has 3 atom stereocenters. The van der Waals surface area contributed by atoms with Crippen molar-refractivity contribution in [2.75, 3.05) is 11.5 Å². The van der Waals surface area contributed by atoms with Crippen molar-refractivity contribution in [3.63, 3.8) is 0 Å². The molecule has 0 spiro atoms. The Morgan fingerprint density at radius 3 is 1.97 bits per heavy atom. The van der Waals surface area contributed by atoms with Crippen LogP contribution in [0.25, 0.3) is 0 Å². The summed E-state index contributed by atoms with van der Waals surface area (Å²) in [6, 6.07) is 13.5. The Morgan fingerprint density at radius 2 is 1.50 bits per heavy atom. The summed E-state index contributed by atoms with van der Waals surface area (Å²) in [4.78, 5) is 22.6. The molecule has 1 aliphatic carbocycles. The monoisotopic (exact) mass is 412 g/mol. The van der Waals surface area contributed by atoms with E-state index in [4.69, 9.17) is 21.3 Å². The third-order valence-electron chi connectivity index (χ3n) is 5.59. The molecule has 162 valence electrons. The Bertz CT molecular complexity index is 866. The molecule has 3 rings (SSSR count). The zero-order valence-electron chi connectivity index (χ0n) is 17.9. The van der Waals surface area contributed by atoms with Crippen molar-refractivity contribution >= 4 is 23.3 Å². The summed E-state index contributed by atoms with van der Waals surface area (Å²) in [5.74, 6) is 0.343. The van der Waals surface area contributed by atoms with Crippen molar-refractivity contribution in [1.82, 2.24) is 0 Å². The van der Waals surface area contributed by atoms with Gasteiger partial charge < -0.3 is 21.3 Å². The molecule has 0 unspecified atom stereocenters. The maximum Gasteiger partial charge on any atom is 0.340 e. The fourth-order valence-corrected chi connectivity index (χ4v) is 3.83. The largest absolute Gasteiger partial charge is 0.478 e. The van der Waals surface area contributed by atoms with Crippen LogP contribution in [0.3, 0.4) is 0 Å². The lowest BCUT2D eigenvalue weighted by Gasteiger charge is -2.36. The number of carbonyl (C=O) groups is 2. The number of anilines is 2. The van der Waals surface area contributed by atoms with Gasteiger partial charge in [-0.2, -0.15) is 0 Å². The molecule has 0 bridgehead atoms. The van der Waals surface area contributed by atoms with Gasteiger partial charge in [-0.1, -0.05) is 51.5 Å². The van der Waals surface area contributed by atoms with Crippen LogP contribution in [0.5, 0.6) is 0 Å². The zero-order chi connectivity index (χ0) is 22.3. The summed E-state index contributed by atoms with van der Waals surface area (Å²) in [5, 5.41) is 8.49. The molecule has 0 radical (unpaired) electrons. The van der Waals surface area contributed by atoms with Crippen LogP contribution in [-0.4, -0.2) is 23.1 Å². The van der Waals surface area contributed by atoms with Crippen molar-refractivity contribution in [3.05, 3.63) is 59.7 Å². The molecule has 0 aliphatic heterocycles. The van der Waals surface area contributed by atoms with E-state index < -0.39 is 5.97 Å². The molecule has 1 aliphatic rings. The molecule has 0 heterocycles. The summed E-state index contributed by atoms with van der Waals surface area (Å²) in [5.41, 5.74) is 12.6. The molecule has 30 heavy (non-hydrogen) atoms. The van der Waals surface area contributed by atoms with Gasteiger partial charge in [-0.15, -0.1) is 0 Å². The van der Waals surface area contributed by atoms with Crippen LogP contribution in [0.2, 0.25) is 0 Å². The van der Waals surface area contributed by atoms with Crippen LogP contribution in [0, 0.1) is 17.8 Å². The number of carboxylic acid groups (broad SMARTS) is 1. The minimum absolute atomic E-state index is 0.0193. The molecule has 1 fully saturated rings. The van der Waals surface area contributed by atoms with Crippen LogP contribution < -0.4 is 11.5 Å². The number of nitrogens with two attached hydrogens (primary N) is 2. The summed E-state index contributed by atoms with van der Waals surface area (Å²) in [7, 11) is 0. The molecular formula is C24H32N2O4. The van der Waals surface area contributed by atoms with Crippen LogP contribution in [0.15, 0.2) is 48.5 Å². The fourth-order valence-electron chi connectivity index (χ4n) is 3.83. The lowest BCUT2D eigenvalue weighted by molar-refractivity contribution is -0.0173. The van der Waals surface area contributed by atoms with E-state index in [1.165, 1.54) is 12.5 Å². The molecule has 2 aromatic rings. The number of nitrogen functional groups attached to an aromatic ring is 2. The van der Waals surface area contributed by atoms with Gasteiger partial charge in [-0.3, -0.25) is 0 Å².